The average molecular weight is 551 g/mol. The molecule has 1 atom stereocenters. The summed E-state index contributed by atoms with van der Waals surface area (Å²) in [5.41, 5.74) is 7.69. The number of nitrogens with zero attached hydrogens (tertiary/aromatic N) is 3. The summed E-state index contributed by atoms with van der Waals surface area (Å²) in [5, 5.41) is 19.7. The lowest BCUT2D eigenvalue weighted by Gasteiger charge is -2.18. The summed E-state index contributed by atoms with van der Waals surface area (Å²) in [6.45, 7) is 4.86. The normalized spacial score (nSPS) is 12.4. The molecule has 2 aromatic heterocycles. The summed E-state index contributed by atoms with van der Waals surface area (Å²) < 4.78 is 5.21. The van der Waals surface area contributed by atoms with Crippen molar-refractivity contribution in [1.29, 1.82) is 0 Å². The highest BCUT2D eigenvalue weighted by Gasteiger charge is 2.23. The van der Waals surface area contributed by atoms with Crippen LogP contribution in [0.5, 0.6) is 0 Å². The van der Waals surface area contributed by atoms with Crippen molar-refractivity contribution in [3.8, 4) is 22.4 Å². The first-order valence-electron chi connectivity index (χ1n) is 12.5. The number of aliphatic hydroxyl groups is 1. The minimum Gasteiger partial charge on any atom is -0.389 e. The van der Waals surface area contributed by atoms with Gasteiger partial charge in [-0.05, 0) is 46.3 Å². The first kappa shape index (κ1) is 23.7. The Balaban J connectivity index is 1.61. The Kier molecular flexibility index (Phi) is 6.19. The second-order valence-corrected chi connectivity index (χ2v) is 10.4. The van der Waals surface area contributed by atoms with Gasteiger partial charge in [-0.3, -0.25) is 4.68 Å². The van der Waals surface area contributed by atoms with E-state index in [2.05, 4.69) is 117 Å². The van der Waals surface area contributed by atoms with Gasteiger partial charge in [0.05, 0.1) is 40.6 Å². The Morgan fingerprint density at radius 2 is 1.41 bits per heavy atom. The van der Waals surface area contributed by atoms with Gasteiger partial charge in [0.1, 0.15) is 0 Å². The predicted octanol–water partition coefficient (Wildman–Crippen LogP) is 7.77. The molecule has 0 aliphatic heterocycles. The third-order valence-corrected chi connectivity index (χ3v) is 8.27. The van der Waals surface area contributed by atoms with E-state index < -0.39 is 6.10 Å². The Hall–Kier alpha value is -3.67. The number of rotatable bonds is 6. The molecule has 0 saturated carbocycles. The van der Waals surface area contributed by atoms with Crippen LogP contribution in [0.4, 0.5) is 0 Å². The number of halogens is 1. The maximum atomic E-state index is 11.5. The molecule has 184 valence electrons. The molecular formula is C32H28BrN3O. The lowest BCUT2D eigenvalue weighted by Crippen LogP contribution is -2.24. The van der Waals surface area contributed by atoms with Crippen LogP contribution in [0.1, 0.15) is 11.4 Å². The van der Waals surface area contributed by atoms with Crippen molar-refractivity contribution in [2.24, 2.45) is 0 Å². The van der Waals surface area contributed by atoms with Gasteiger partial charge in [0.15, 0.2) is 0 Å². The number of aliphatic hydroxyl groups excluding tert-OH is 1. The minimum atomic E-state index is -0.634. The number of aryl methyl sites for hydroxylation is 1. The van der Waals surface area contributed by atoms with Crippen LogP contribution >= 0.6 is 15.9 Å². The Morgan fingerprint density at radius 3 is 2.08 bits per heavy atom. The molecule has 0 aliphatic carbocycles. The molecule has 37 heavy (non-hydrogen) atoms. The average Bonchev–Trinajstić information content (AvgIpc) is 3.38. The summed E-state index contributed by atoms with van der Waals surface area (Å²) in [6.07, 6.45) is -0.634. The summed E-state index contributed by atoms with van der Waals surface area (Å²) in [6, 6.07) is 34.0. The third kappa shape index (κ3) is 4.18. The first-order chi connectivity index (χ1) is 18.0. The Morgan fingerprint density at radius 1 is 0.757 bits per heavy atom. The zero-order valence-corrected chi connectivity index (χ0v) is 22.5. The van der Waals surface area contributed by atoms with Crippen LogP contribution in [0.15, 0.2) is 102 Å². The fourth-order valence-electron chi connectivity index (χ4n) is 5.42. The highest BCUT2D eigenvalue weighted by molar-refractivity contribution is 9.10. The van der Waals surface area contributed by atoms with E-state index in [1.54, 1.807) is 0 Å². The second-order valence-electron chi connectivity index (χ2n) is 9.57. The minimum absolute atomic E-state index is 0.414. The maximum absolute atomic E-state index is 11.5. The van der Waals surface area contributed by atoms with E-state index in [4.69, 9.17) is 0 Å². The van der Waals surface area contributed by atoms with E-state index >= 15 is 0 Å². The summed E-state index contributed by atoms with van der Waals surface area (Å²) in [7, 11) is 0. The van der Waals surface area contributed by atoms with Gasteiger partial charge in [-0.1, -0.05) is 97.1 Å². The van der Waals surface area contributed by atoms with Crippen molar-refractivity contribution in [2.45, 2.75) is 33.0 Å². The molecule has 0 bridgehead atoms. The van der Waals surface area contributed by atoms with Crippen molar-refractivity contribution >= 4 is 37.6 Å². The van der Waals surface area contributed by atoms with Crippen molar-refractivity contribution < 1.29 is 5.11 Å². The molecule has 1 N–H and O–H groups in total. The number of hydrogen-bond acceptors (Lipinski definition) is 2. The number of benzene rings is 4. The fraction of sp³-hybridized carbons (Fsp3) is 0.156. The Bertz CT molecular complexity index is 1720. The van der Waals surface area contributed by atoms with Gasteiger partial charge in [0.2, 0.25) is 0 Å². The fourth-order valence-corrected chi connectivity index (χ4v) is 5.70. The highest BCUT2D eigenvalue weighted by Crippen LogP contribution is 2.43. The molecule has 2 heterocycles. The molecule has 6 rings (SSSR count). The van der Waals surface area contributed by atoms with E-state index in [-0.39, 0.29) is 0 Å². The number of aromatic nitrogens is 3. The quantitative estimate of drug-likeness (QED) is 0.230. The summed E-state index contributed by atoms with van der Waals surface area (Å²) >= 11 is 3.62. The molecule has 4 aromatic carbocycles. The van der Waals surface area contributed by atoms with Gasteiger partial charge in [-0.25, -0.2) is 0 Å². The second kappa shape index (κ2) is 9.66. The molecular weight excluding hydrogens is 522 g/mol. The van der Waals surface area contributed by atoms with E-state index in [0.29, 0.717) is 13.1 Å². The molecule has 0 aliphatic rings. The predicted molar refractivity (Wildman–Crippen MR) is 156 cm³/mol. The van der Waals surface area contributed by atoms with Crippen LogP contribution in [0, 0.1) is 13.8 Å². The lowest BCUT2D eigenvalue weighted by atomic mass is 9.97. The van der Waals surface area contributed by atoms with Crippen molar-refractivity contribution in [2.75, 3.05) is 0 Å². The van der Waals surface area contributed by atoms with E-state index in [0.717, 1.165) is 38.2 Å². The largest absolute Gasteiger partial charge is 0.389 e. The molecule has 0 amide bonds. The molecule has 0 spiro atoms. The number of fused-ring (bicyclic) bond motifs is 3. The molecule has 0 saturated heterocycles. The third-order valence-electron chi connectivity index (χ3n) is 7.13. The van der Waals surface area contributed by atoms with E-state index in [9.17, 15) is 5.11 Å². The summed E-state index contributed by atoms with van der Waals surface area (Å²) in [4.78, 5) is 0. The maximum Gasteiger partial charge on any atom is 0.0914 e. The zero-order valence-electron chi connectivity index (χ0n) is 20.9. The van der Waals surface area contributed by atoms with Crippen LogP contribution in [0.25, 0.3) is 44.1 Å². The van der Waals surface area contributed by atoms with Crippen LogP contribution in [0.3, 0.4) is 0 Å². The van der Waals surface area contributed by atoms with E-state index in [1.165, 1.54) is 21.7 Å². The molecule has 0 radical (unpaired) electrons. The molecule has 4 nitrogen and oxygen atoms in total. The smallest absolute Gasteiger partial charge is 0.0914 e. The van der Waals surface area contributed by atoms with Gasteiger partial charge in [0.25, 0.3) is 0 Å². The summed E-state index contributed by atoms with van der Waals surface area (Å²) in [5.74, 6) is 0. The molecule has 0 fully saturated rings. The van der Waals surface area contributed by atoms with Gasteiger partial charge in [-0.2, -0.15) is 5.10 Å². The van der Waals surface area contributed by atoms with Crippen molar-refractivity contribution in [3.05, 3.63) is 113 Å². The standard InChI is InChI=1S/C32H28BrN3O/c1-21-30(33)22(2)36(34-21)20-26(37)19-35-31(25-14-7-4-8-15-25)29(24-12-5-3-6-13-24)28-18-17-23-11-9-10-16-27(23)32(28)35/h3-18,26,37H,19-20H2,1-2H3/t26-/m1/s1. The van der Waals surface area contributed by atoms with Crippen molar-refractivity contribution in [1.82, 2.24) is 14.3 Å². The van der Waals surface area contributed by atoms with Crippen LogP contribution in [0.2, 0.25) is 0 Å². The number of hydrogen-bond donors (Lipinski definition) is 1. The Labute approximate surface area is 224 Å². The van der Waals surface area contributed by atoms with Crippen LogP contribution in [-0.4, -0.2) is 25.6 Å². The molecule has 6 aromatic rings. The lowest BCUT2D eigenvalue weighted by molar-refractivity contribution is 0.131. The van der Waals surface area contributed by atoms with Crippen molar-refractivity contribution in [3.63, 3.8) is 0 Å². The van der Waals surface area contributed by atoms with Gasteiger partial charge in [0, 0.05) is 22.0 Å². The van der Waals surface area contributed by atoms with Crippen LogP contribution < -0.4 is 0 Å². The van der Waals surface area contributed by atoms with Gasteiger partial charge < -0.3 is 9.67 Å². The SMILES string of the molecule is Cc1nn(C[C@H](O)Cn2c(-c3ccccc3)c(-c3ccccc3)c3ccc4ccccc4c32)c(C)c1Br. The zero-order chi connectivity index (χ0) is 25.5. The topological polar surface area (TPSA) is 43.0 Å². The first-order valence-corrected chi connectivity index (χ1v) is 13.3. The van der Waals surface area contributed by atoms with Gasteiger partial charge in [-0.15, -0.1) is 0 Å². The molecule has 5 heteroatoms. The highest BCUT2D eigenvalue weighted by atomic mass is 79.9. The van der Waals surface area contributed by atoms with E-state index in [1.807, 2.05) is 24.6 Å². The molecule has 0 unspecified atom stereocenters. The monoisotopic (exact) mass is 549 g/mol. The van der Waals surface area contributed by atoms with Crippen LogP contribution in [-0.2, 0) is 13.1 Å². The van der Waals surface area contributed by atoms with Gasteiger partial charge >= 0.3 is 0 Å².